The normalized spacial score (nSPS) is 10.2. The summed E-state index contributed by atoms with van der Waals surface area (Å²) in [5, 5.41) is 2.49. The molecule has 0 atom stereocenters. The van der Waals surface area contributed by atoms with E-state index >= 15 is 0 Å². The lowest BCUT2D eigenvalue weighted by Crippen LogP contribution is -2.18. The maximum Gasteiger partial charge on any atom is 0.269 e. The molecule has 0 saturated heterocycles. The zero-order valence-electron chi connectivity index (χ0n) is 13.9. The first-order valence-electron chi connectivity index (χ1n) is 7.79. The molecule has 0 spiro atoms. The van der Waals surface area contributed by atoms with Gasteiger partial charge in [0.1, 0.15) is 17.2 Å². The Morgan fingerprint density at radius 2 is 1.85 bits per heavy atom. The van der Waals surface area contributed by atoms with Crippen molar-refractivity contribution in [1.82, 2.24) is 10.3 Å². The number of amides is 1. The predicted octanol–water partition coefficient (Wildman–Crippen LogP) is 4.49. The summed E-state index contributed by atoms with van der Waals surface area (Å²) in [6.07, 6.45) is 1.46. The van der Waals surface area contributed by atoms with Crippen LogP contribution in [0.1, 0.15) is 10.5 Å². The number of ether oxygens (including phenoxy) is 1. The molecule has 26 heavy (non-hydrogen) atoms. The van der Waals surface area contributed by atoms with Crippen LogP contribution in [0.15, 0.2) is 71.8 Å². The Kier molecular flexibility index (Phi) is 5.70. The number of halogens is 1. The van der Waals surface area contributed by atoms with Crippen LogP contribution in [-0.4, -0.2) is 17.9 Å². The fourth-order valence-corrected chi connectivity index (χ4v) is 2.79. The Labute approximate surface area is 154 Å². The molecule has 1 aromatic heterocycles. The molecule has 2 N–H and O–H groups in total. The van der Waals surface area contributed by atoms with Crippen molar-refractivity contribution in [3.8, 4) is 11.5 Å². The van der Waals surface area contributed by atoms with Gasteiger partial charge in [0, 0.05) is 30.3 Å². The lowest BCUT2D eigenvalue weighted by atomic mass is 10.3. The first kappa shape index (κ1) is 17.8. The van der Waals surface area contributed by atoms with Crippen molar-refractivity contribution in [2.45, 2.75) is 4.90 Å². The van der Waals surface area contributed by atoms with Crippen molar-refractivity contribution in [1.29, 1.82) is 0 Å². The first-order chi connectivity index (χ1) is 12.7. The molecule has 132 valence electrons. The molecule has 3 rings (SSSR count). The van der Waals surface area contributed by atoms with Gasteiger partial charge in [-0.1, -0.05) is 18.2 Å². The Morgan fingerprint density at radius 3 is 2.58 bits per heavy atom. The van der Waals surface area contributed by atoms with E-state index in [4.69, 9.17) is 4.74 Å². The van der Waals surface area contributed by atoms with E-state index in [1.165, 1.54) is 37.3 Å². The largest absolute Gasteiger partial charge is 0.457 e. The summed E-state index contributed by atoms with van der Waals surface area (Å²) in [6, 6.07) is 17.2. The van der Waals surface area contributed by atoms with Crippen LogP contribution >= 0.6 is 11.9 Å². The van der Waals surface area contributed by atoms with Crippen LogP contribution in [0.25, 0.3) is 0 Å². The minimum Gasteiger partial charge on any atom is -0.457 e. The molecule has 5 nitrogen and oxygen atoms in total. The van der Waals surface area contributed by atoms with Crippen LogP contribution in [-0.2, 0) is 0 Å². The highest BCUT2D eigenvalue weighted by Crippen LogP contribution is 2.28. The van der Waals surface area contributed by atoms with Crippen molar-refractivity contribution in [3.05, 3.63) is 78.4 Å². The summed E-state index contributed by atoms with van der Waals surface area (Å²) in [5.74, 6) is -0.0326. The van der Waals surface area contributed by atoms with Gasteiger partial charge in [0.2, 0.25) is 0 Å². The molecule has 0 aliphatic carbocycles. The van der Waals surface area contributed by atoms with E-state index in [0.717, 1.165) is 4.90 Å². The molecule has 0 fully saturated rings. The highest BCUT2D eigenvalue weighted by Gasteiger charge is 2.09. The zero-order chi connectivity index (χ0) is 18.4. The fourth-order valence-electron chi connectivity index (χ4n) is 2.11. The molecule has 7 heteroatoms. The second-order valence-corrected chi connectivity index (χ2v) is 6.10. The number of pyridine rings is 1. The molecule has 0 aliphatic rings. The SMILES string of the molecule is CNC(=O)c1cc(Oc2ccc(NSc3ccccc3)c(F)c2)ccn1. The van der Waals surface area contributed by atoms with Gasteiger partial charge in [-0.25, -0.2) is 4.39 Å². The minimum atomic E-state index is -0.438. The number of hydrogen-bond donors (Lipinski definition) is 2. The molecule has 1 amide bonds. The third-order valence-electron chi connectivity index (χ3n) is 3.39. The van der Waals surface area contributed by atoms with Crippen LogP contribution in [0.3, 0.4) is 0 Å². The van der Waals surface area contributed by atoms with E-state index in [9.17, 15) is 9.18 Å². The zero-order valence-corrected chi connectivity index (χ0v) is 14.7. The molecule has 0 bridgehead atoms. The summed E-state index contributed by atoms with van der Waals surface area (Å²) in [6.45, 7) is 0. The highest BCUT2D eigenvalue weighted by atomic mass is 32.2. The topological polar surface area (TPSA) is 63.2 Å². The number of nitrogens with one attached hydrogen (secondary N) is 2. The molecule has 2 aromatic carbocycles. The van der Waals surface area contributed by atoms with Gasteiger partial charge in [-0.15, -0.1) is 0 Å². The number of hydrogen-bond acceptors (Lipinski definition) is 5. The van der Waals surface area contributed by atoms with E-state index in [0.29, 0.717) is 17.2 Å². The number of aromatic nitrogens is 1. The summed E-state index contributed by atoms with van der Waals surface area (Å²) in [7, 11) is 1.52. The lowest BCUT2D eigenvalue weighted by molar-refractivity contribution is 0.0958. The first-order valence-corrected chi connectivity index (χ1v) is 8.61. The second kappa shape index (κ2) is 8.35. The van der Waals surface area contributed by atoms with Gasteiger partial charge in [-0.3, -0.25) is 9.78 Å². The lowest BCUT2D eigenvalue weighted by Gasteiger charge is -2.10. The van der Waals surface area contributed by atoms with E-state index in [2.05, 4.69) is 15.0 Å². The van der Waals surface area contributed by atoms with Gasteiger partial charge in [0.05, 0.1) is 5.69 Å². The van der Waals surface area contributed by atoms with E-state index in [1.54, 1.807) is 18.2 Å². The van der Waals surface area contributed by atoms with Crippen LogP contribution in [0.4, 0.5) is 10.1 Å². The Hall–Kier alpha value is -3.06. The maximum atomic E-state index is 14.3. The van der Waals surface area contributed by atoms with Gasteiger partial charge in [-0.05, 0) is 42.3 Å². The number of rotatable bonds is 6. The molecule has 0 saturated carbocycles. The summed E-state index contributed by atoms with van der Waals surface area (Å²) >= 11 is 1.32. The Balaban J connectivity index is 1.68. The van der Waals surface area contributed by atoms with E-state index in [1.807, 2.05) is 30.3 Å². The van der Waals surface area contributed by atoms with Gasteiger partial charge in [0.15, 0.2) is 5.82 Å². The number of anilines is 1. The van der Waals surface area contributed by atoms with Gasteiger partial charge in [0.25, 0.3) is 5.91 Å². The van der Waals surface area contributed by atoms with Crippen LogP contribution < -0.4 is 14.8 Å². The number of carbonyl (C=O) groups is 1. The average Bonchev–Trinajstić information content (AvgIpc) is 2.68. The van der Waals surface area contributed by atoms with Crippen molar-refractivity contribution >= 4 is 23.5 Å². The monoisotopic (exact) mass is 369 g/mol. The maximum absolute atomic E-state index is 14.3. The molecular weight excluding hydrogens is 353 g/mol. The number of benzene rings is 2. The van der Waals surface area contributed by atoms with Crippen LogP contribution in [0.2, 0.25) is 0 Å². The van der Waals surface area contributed by atoms with E-state index < -0.39 is 5.82 Å². The molecule has 1 heterocycles. The highest BCUT2D eigenvalue weighted by molar-refractivity contribution is 8.00. The van der Waals surface area contributed by atoms with Crippen molar-refractivity contribution in [3.63, 3.8) is 0 Å². The summed E-state index contributed by atoms with van der Waals surface area (Å²) in [5.41, 5.74) is 0.579. The van der Waals surface area contributed by atoms with Crippen LogP contribution in [0.5, 0.6) is 11.5 Å². The molecule has 0 radical (unpaired) electrons. The standard InChI is InChI=1S/C19H16FN3O2S/c1-21-19(24)18-12-14(9-10-22-18)25-13-7-8-17(16(20)11-13)23-26-15-5-3-2-4-6-15/h2-12,23H,1H3,(H,21,24). The molecule has 0 aliphatic heterocycles. The Morgan fingerprint density at radius 1 is 1.08 bits per heavy atom. The predicted molar refractivity (Wildman–Crippen MR) is 100 cm³/mol. The second-order valence-electron chi connectivity index (χ2n) is 5.22. The summed E-state index contributed by atoms with van der Waals surface area (Å²) in [4.78, 5) is 16.5. The van der Waals surface area contributed by atoms with Gasteiger partial charge < -0.3 is 14.8 Å². The minimum absolute atomic E-state index is 0.225. The summed E-state index contributed by atoms with van der Waals surface area (Å²) < 4.78 is 22.9. The molecular formula is C19H16FN3O2S. The molecule has 3 aromatic rings. The fraction of sp³-hybridized carbons (Fsp3) is 0.0526. The van der Waals surface area contributed by atoms with Gasteiger partial charge >= 0.3 is 0 Å². The van der Waals surface area contributed by atoms with E-state index in [-0.39, 0.29) is 11.6 Å². The third kappa shape index (κ3) is 4.52. The van der Waals surface area contributed by atoms with Gasteiger partial charge in [-0.2, -0.15) is 0 Å². The smallest absolute Gasteiger partial charge is 0.269 e. The quantitative estimate of drug-likeness (QED) is 0.627. The Bertz CT molecular complexity index is 906. The van der Waals surface area contributed by atoms with Crippen LogP contribution in [0, 0.1) is 5.82 Å². The average molecular weight is 369 g/mol. The van der Waals surface area contributed by atoms with Crippen molar-refractivity contribution in [2.24, 2.45) is 0 Å². The van der Waals surface area contributed by atoms with Crippen molar-refractivity contribution < 1.29 is 13.9 Å². The third-order valence-corrected chi connectivity index (χ3v) is 4.22. The van der Waals surface area contributed by atoms with Crippen molar-refractivity contribution in [2.75, 3.05) is 11.8 Å². The number of carbonyl (C=O) groups excluding carboxylic acids is 1. The number of nitrogens with zero attached hydrogens (tertiary/aromatic N) is 1. The molecule has 0 unspecified atom stereocenters.